The van der Waals surface area contributed by atoms with Crippen LogP contribution in [-0.4, -0.2) is 31.3 Å². The van der Waals surface area contributed by atoms with Gasteiger partial charge in [-0.2, -0.15) is 0 Å². The molecule has 3 aliphatic rings. The molecule has 0 amide bonds. The highest BCUT2D eigenvalue weighted by atomic mass is 32.2. The smallest absolute Gasteiger partial charge is 0.303 e. The van der Waals surface area contributed by atoms with E-state index in [9.17, 15) is 13.2 Å². The van der Waals surface area contributed by atoms with Gasteiger partial charge in [0, 0.05) is 12.5 Å². The predicted octanol–water partition coefficient (Wildman–Crippen LogP) is 4.49. The van der Waals surface area contributed by atoms with Gasteiger partial charge in [-0.1, -0.05) is 38.3 Å². The van der Waals surface area contributed by atoms with E-state index in [0.717, 1.165) is 51.4 Å². The molecule has 2 atom stereocenters. The first kappa shape index (κ1) is 22.4. The fraction of sp³-hybridized carbons (Fsp3) is 0.857. The number of sulfonamides is 1. The molecule has 0 saturated heterocycles. The van der Waals surface area contributed by atoms with Crippen LogP contribution in [0.1, 0.15) is 84.0 Å². The zero-order valence-electron chi connectivity index (χ0n) is 16.7. The van der Waals surface area contributed by atoms with Crippen LogP contribution in [0.25, 0.3) is 0 Å². The number of nitrogens with one attached hydrogen (secondary N) is 1. The first-order valence-electron chi connectivity index (χ1n) is 10.8. The van der Waals surface area contributed by atoms with Crippen LogP contribution >= 0.6 is 0 Å². The van der Waals surface area contributed by atoms with Crippen LogP contribution in [0.15, 0.2) is 12.2 Å². The van der Waals surface area contributed by atoms with E-state index in [1.807, 2.05) is 0 Å². The van der Waals surface area contributed by atoms with Gasteiger partial charge < -0.3 is 5.11 Å². The molecule has 0 aromatic carbocycles. The van der Waals surface area contributed by atoms with Crippen molar-refractivity contribution in [3.8, 4) is 0 Å². The van der Waals surface area contributed by atoms with E-state index in [1.54, 1.807) is 0 Å². The lowest BCUT2D eigenvalue weighted by atomic mass is 9.61. The van der Waals surface area contributed by atoms with E-state index in [1.165, 1.54) is 12.8 Å². The molecule has 0 aliphatic heterocycles. The molecule has 0 heterocycles. The average Bonchev–Trinajstić information content (AvgIpc) is 2.63. The maximum Gasteiger partial charge on any atom is 0.303 e. The van der Waals surface area contributed by atoms with Crippen LogP contribution in [0.3, 0.4) is 0 Å². The lowest BCUT2D eigenvalue weighted by molar-refractivity contribution is -0.137. The number of hydrogen-bond acceptors (Lipinski definition) is 3. The summed E-state index contributed by atoms with van der Waals surface area (Å²) in [4.78, 5) is 10.6. The molecule has 3 rings (SSSR count). The van der Waals surface area contributed by atoms with E-state index in [-0.39, 0.29) is 18.2 Å². The molecule has 27 heavy (non-hydrogen) atoms. The molecule has 5 nitrogen and oxygen atoms in total. The van der Waals surface area contributed by atoms with Crippen LogP contribution < -0.4 is 4.72 Å². The first-order chi connectivity index (χ1) is 12.9. The highest BCUT2D eigenvalue weighted by molar-refractivity contribution is 7.89. The Labute approximate surface area is 165 Å². The van der Waals surface area contributed by atoms with Crippen LogP contribution in [-0.2, 0) is 14.8 Å². The quantitative estimate of drug-likeness (QED) is 0.353. The Morgan fingerprint density at radius 2 is 1.74 bits per heavy atom. The van der Waals surface area contributed by atoms with Crippen molar-refractivity contribution in [2.75, 3.05) is 5.75 Å². The maximum atomic E-state index is 12.6. The van der Waals surface area contributed by atoms with E-state index in [4.69, 9.17) is 5.11 Å². The van der Waals surface area contributed by atoms with Gasteiger partial charge in [0.05, 0.1) is 5.75 Å². The lowest BCUT2D eigenvalue weighted by Gasteiger charge is -2.48. The van der Waals surface area contributed by atoms with Crippen molar-refractivity contribution in [3.05, 3.63) is 12.2 Å². The van der Waals surface area contributed by atoms with Gasteiger partial charge in [-0.05, 0) is 69.1 Å². The Morgan fingerprint density at radius 1 is 1.04 bits per heavy atom. The Kier molecular flexibility index (Phi) is 9.30. The Hall–Kier alpha value is -0.880. The average molecular weight is 400 g/mol. The summed E-state index contributed by atoms with van der Waals surface area (Å²) in [6.07, 6.45) is 15.4. The fourth-order valence-electron chi connectivity index (χ4n) is 4.83. The summed E-state index contributed by atoms with van der Waals surface area (Å²) in [5, 5.41) is 8.69. The van der Waals surface area contributed by atoms with Crippen molar-refractivity contribution >= 4 is 16.0 Å². The Morgan fingerprint density at radius 3 is 2.41 bits per heavy atom. The predicted molar refractivity (Wildman–Crippen MR) is 109 cm³/mol. The van der Waals surface area contributed by atoms with Gasteiger partial charge in [0.25, 0.3) is 0 Å². The molecule has 0 aromatic rings. The largest absolute Gasteiger partial charge is 0.481 e. The maximum absolute atomic E-state index is 12.6. The summed E-state index contributed by atoms with van der Waals surface area (Å²) in [5.74, 6) is 0.982. The molecular formula is C21H37NO4S. The van der Waals surface area contributed by atoms with Gasteiger partial charge in [0.2, 0.25) is 10.0 Å². The number of rotatable bonds is 13. The zero-order chi connectivity index (χ0) is 19.7. The molecule has 3 aliphatic carbocycles. The highest BCUT2D eigenvalue weighted by Gasteiger charge is 2.44. The third-order valence-corrected chi connectivity index (χ3v) is 7.77. The molecule has 2 unspecified atom stereocenters. The minimum Gasteiger partial charge on any atom is -0.481 e. The Bertz CT molecular complexity index is 579. The Balaban J connectivity index is 1.87. The minimum absolute atomic E-state index is 0.0809. The van der Waals surface area contributed by atoms with E-state index in [0.29, 0.717) is 24.2 Å². The van der Waals surface area contributed by atoms with Crippen molar-refractivity contribution < 1.29 is 18.3 Å². The van der Waals surface area contributed by atoms with E-state index in [2.05, 4.69) is 23.8 Å². The number of aliphatic carboxylic acids is 1. The summed E-state index contributed by atoms with van der Waals surface area (Å²) in [6, 6.07) is 0.0809. The van der Waals surface area contributed by atoms with E-state index < -0.39 is 16.0 Å². The molecule has 156 valence electrons. The van der Waals surface area contributed by atoms with E-state index >= 15 is 0 Å². The minimum atomic E-state index is -3.21. The molecule has 0 spiro atoms. The van der Waals surface area contributed by atoms with Gasteiger partial charge in [-0.25, -0.2) is 13.1 Å². The second-order valence-electron chi connectivity index (χ2n) is 8.35. The highest BCUT2D eigenvalue weighted by Crippen LogP contribution is 2.46. The molecule has 3 fully saturated rings. The van der Waals surface area contributed by atoms with Crippen molar-refractivity contribution in [1.29, 1.82) is 0 Å². The van der Waals surface area contributed by atoms with Crippen molar-refractivity contribution in [2.24, 2.45) is 17.8 Å². The van der Waals surface area contributed by atoms with Crippen molar-refractivity contribution in [3.63, 3.8) is 0 Å². The number of fused-ring (bicyclic) bond motifs is 3. The molecule has 6 heteroatoms. The summed E-state index contributed by atoms with van der Waals surface area (Å²) >= 11 is 0. The van der Waals surface area contributed by atoms with Crippen LogP contribution in [0, 0.1) is 17.8 Å². The number of carboxylic acids is 1. The first-order valence-corrected chi connectivity index (χ1v) is 12.4. The zero-order valence-corrected chi connectivity index (χ0v) is 17.6. The van der Waals surface area contributed by atoms with Crippen LogP contribution in [0.2, 0.25) is 0 Å². The molecule has 0 radical (unpaired) electrons. The topological polar surface area (TPSA) is 83.5 Å². The van der Waals surface area contributed by atoms with Crippen molar-refractivity contribution in [1.82, 2.24) is 4.72 Å². The summed E-state index contributed by atoms with van der Waals surface area (Å²) in [5.41, 5.74) is 0. The molecule has 2 bridgehead atoms. The van der Waals surface area contributed by atoms with Crippen LogP contribution in [0.4, 0.5) is 0 Å². The number of allylic oxidation sites excluding steroid dienone is 2. The van der Waals surface area contributed by atoms with Gasteiger partial charge in [-0.3, -0.25) is 4.79 Å². The molecule has 0 aromatic heterocycles. The van der Waals surface area contributed by atoms with Gasteiger partial charge >= 0.3 is 5.97 Å². The van der Waals surface area contributed by atoms with Gasteiger partial charge in [-0.15, -0.1) is 0 Å². The normalized spacial score (nSPS) is 28.0. The lowest BCUT2D eigenvalue weighted by Crippen LogP contribution is -2.53. The van der Waals surface area contributed by atoms with Gasteiger partial charge in [0.15, 0.2) is 0 Å². The SMILES string of the molecule is CCCCCCS(=O)(=O)NC1C2CCC(CC2)C1C/C=C/CCCC(=O)O. The number of carbonyl (C=O) groups is 1. The second kappa shape index (κ2) is 11.2. The third kappa shape index (κ3) is 7.57. The van der Waals surface area contributed by atoms with Gasteiger partial charge in [0.1, 0.15) is 0 Å². The third-order valence-electron chi connectivity index (χ3n) is 6.31. The second-order valence-corrected chi connectivity index (χ2v) is 10.2. The summed E-state index contributed by atoms with van der Waals surface area (Å²) in [7, 11) is -3.21. The number of carboxylic acid groups (broad SMARTS) is 1. The van der Waals surface area contributed by atoms with Crippen LogP contribution in [0.5, 0.6) is 0 Å². The number of hydrogen-bond donors (Lipinski definition) is 2. The molecular weight excluding hydrogens is 362 g/mol. The standard InChI is InChI=1S/C21H37NO4S/c1-2-3-4-9-16-27(25,26)22-21-18-14-12-17(13-15-18)19(21)10-7-5-6-8-11-20(23)24/h5,7,17-19,21-22H,2-4,6,8-16H2,1H3,(H,23,24)/b7-5+. The monoisotopic (exact) mass is 399 g/mol. The molecule has 2 N–H and O–H groups in total. The van der Waals surface area contributed by atoms with Crippen molar-refractivity contribution in [2.45, 2.75) is 90.0 Å². The summed E-state index contributed by atoms with van der Waals surface area (Å²) < 4.78 is 28.2. The summed E-state index contributed by atoms with van der Waals surface area (Å²) in [6.45, 7) is 2.13. The fourth-order valence-corrected chi connectivity index (χ4v) is 6.31. The molecule has 3 saturated carbocycles. The number of unbranched alkanes of at least 4 members (excludes halogenated alkanes) is 4.